The summed E-state index contributed by atoms with van der Waals surface area (Å²) in [6, 6.07) is 8.36. The van der Waals surface area contributed by atoms with Crippen molar-refractivity contribution in [2.75, 3.05) is 6.61 Å². The fourth-order valence-electron chi connectivity index (χ4n) is 2.65. The molecule has 0 spiro atoms. The maximum absolute atomic E-state index is 9.25. The number of aliphatic hydroxyl groups excluding tert-OH is 1. The molecular weight excluding hydrogens is 238 g/mol. The Bertz CT molecular complexity index is 404. The highest BCUT2D eigenvalue weighted by Gasteiger charge is 2.36. The van der Waals surface area contributed by atoms with Crippen molar-refractivity contribution in [2.45, 2.75) is 57.1 Å². The second-order valence-corrected chi connectivity index (χ2v) is 5.88. The number of ether oxygens (including phenoxy) is 1. The Balaban J connectivity index is 1.94. The van der Waals surface area contributed by atoms with E-state index in [1.807, 2.05) is 12.1 Å². The molecule has 106 valence electrons. The van der Waals surface area contributed by atoms with Gasteiger partial charge in [-0.15, -0.1) is 0 Å². The molecule has 1 aromatic carbocycles. The van der Waals surface area contributed by atoms with Crippen LogP contribution in [0.4, 0.5) is 0 Å². The molecule has 1 fully saturated rings. The first-order chi connectivity index (χ1) is 9.06. The molecule has 0 aromatic heterocycles. The molecule has 3 N–H and O–H groups in total. The molecule has 3 heteroatoms. The largest absolute Gasteiger partial charge is 0.490 e. The molecule has 0 bridgehead atoms. The topological polar surface area (TPSA) is 55.5 Å². The zero-order valence-electron chi connectivity index (χ0n) is 11.9. The van der Waals surface area contributed by atoms with Crippen molar-refractivity contribution in [2.24, 2.45) is 5.73 Å². The second-order valence-electron chi connectivity index (χ2n) is 5.88. The van der Waals surface area contributed by atoms with E-state index in [0.29, 0.717) is 5.92 Å². The van der Waals surface area contributed by atoms with E-state index in [9.17, 15) is 5.11 Å². The van der Waals surface area contributed by atoms with Crippen LogP contribution in [0, 0.1) is 0 Å². The summed E-state index contributed by atoms with van der Waals surface area (Å²) < 4.78 is 5.95. The van der Waals surface area contributed by atoms with Gasteiger partial charge in [0.05, 0.1) is 6.61 Å². The van der Waals surface area contributed by atoms with Crippen LogP contribution in [-0.4, -0.2) is 23.4 Å². The van der Waals surface area contributed by atoms with Gasteiger partial charge in [0.15, 0.2) is 0 Å². The molecule has 1 saturated carbocycles. The summed E-state index contributed by atoms with van der Waals surface area (Å²) >= 11 is 0. The second kappa shape index (κ2) is 5.93. The van der Waals surface area contributed by atoms with Crippen LogP contribution in [0.5, 0.6) is 5.75 Å². The molecule has 3 atom stereocenters. The van der Waals surface area contributed by atoms with Crippen molar-refractivity contribution >= 4 is 0 Å². The Labute approximate surface area is 115 Å². The van der Waals surface area contributed by atoms with E-state index in [-0.39, 0.29) is 12.7 Å². The lowest BCUT2D eigenvalue weighted by Crippen LogP contribution is -2.41. The van der Waals surface area contributed by atoms with Gasteiger partial charge in [0.1, 0.15) is 11.9 Å². The molecule has 19 heavy (non-hydrogen) atoms. The van der Waals surface area contributed by atoms with Crippen molar-refractivity contribution in [1.29, 1.82) is 0 Å². The summed E-state index contributed by atoms with van der Waals surface area (Å²) in [6.45, 7) is 4.47. The summed E-state index contributed by atoms with van der Waals surface area (Å²) in [5.41, 5.74) is 6.96. The number of benzene rings is 1. The molecule has 0 amide bonds. The van der Waals surface area contributed by atoms with Gasteiger partial charge >= 0.3 is 0 Å². The van der Waals surface area contributed by atoms with Gasteiger partial charge in [0.25, 0.3) is 0 Å². The first-order valence-electron chi connectivity index (χ1n) is 7.22. The summed E-state index contributed by atoms with van der Waals surface area (Å²) in [6.07, 6.45) is 3.76. The monoisotopic (exact) mass is 263 g/mol. The van der Waals surface area contributed by atoms with Crippen LogP contribution in [0.25, 0.3) is 0 Å². The third kappa shape index (κ3) is 3.48. The van der Waals surface area contributed by atoms with E-state index in [4.69, 9.17) is 10.5 Å². The van der Waals surface area contributed by atoms with Crippen LogP contribution >= 0.6 is 0 Å². The fourth-order valence-corrected chi connectivity index (χ4v) is 2.65. The molecule has 2 rings (SSSR count). The van der Waals surface area contributed by atoms with Gasteiger partial charge in [0.2, 0.25) is 0 Å². The quantitative estimate of drug-likeness (QED) is 0.859. The van der Waals surface area contributed by atoms with Gasteiger partial charge < -0.3 is 15.6 Å². The van der Waals surface area contributed by atoms with Crippen LogP contribution in [-0.2, 0) is 0 Å². The molecule has 0 heterocycles. The highest BCUT2D eigenvalue weighted by atomic mass is 16.5. The average Bonchev–Trinajstić information content (AvgIpc) is 2.81. The number of nitrogens with two attached hydrogens (primary N) is 1. The Hall–Kier alpha value is -1.06. The maximum Gasteiger partial charge on any atom is 0.119 e. The lowest BCUT2D eigenvalue weighted by molar-refractivity contribution is 0.165. The summed E-state index contributed by atoms with van der Waals surface area (Å²) in [5, 5.41) is 9.25. The minimum absolute atomic E-state index is 0.0415. The summed E-state index contributed by atoms with van der Waals surface area (Å²) in [5.74, 6) is 1.49. The van der Waals surface area contributed by atoms with Crippen LogP contribution in [0.15, 0.2) is 24.3 Å². The van der Waals surface area contributed by atoms with Crippen molar-refractivity contribution in [3.63, 3.8) is 0 Å². The summed E-state index contributed by atoms with van der Waals surface area (Å²) in [7, 11) is 0. The first kappa shape index (κ1) is 14.4. The lowest BCUT2D eigenvalue weighted by atomic mass is 9.99. The molecule has 1 aliphatic carbocycles. The van der Waals surface area contributed by atoms with Crippen molar-refractivity contribution in [3.8, 4) is 5.75 Å². The molecule has 0 aliphatic heterocycles. The van der Waals surface area contributed by atoms with Gasteiger partial charge in [-0.25, -0.2) is 0 Å². The minimum atomic E-state index is -0.443. The third-order valence-electron chi connectivity index (χ3n) is 4.28. The predicted octanol–water partition coefficient (Wildman–Crippen LogP) is 2.82. The van der Waals surface area contributed by atoms with Crippen LogP contribution in [0.1, 0.15) is 51.0 Å². The van der Waals surface area contributed by atoms with Crippen molar-refractivity contribution in [1.82, 2.24) is 0 Å². The standard InChI is InChI=1S/C16H25NO2/c1-3-12(2)13-4-6-14(7-5-13)19-15-8-9-16(17,10-15)11-18/h4-7,12,15,18H,3,8-11,17H2,1-2H3. The SMILES string of the molecule is CCC(C)c1ccc(OC2CCC(N)(CO)C2)cc1. The number of rotatable bonds is 5. The van der Waals surface area contributed by atoms with Crippen molar-refractivity contribution in [3.05, 3.63) is 29.8 Å². The van der Waals surface area contributed by atoms with E-state index < -0.39 is 5.54 Å². The Kier molecular flexibility index (Phi) is 4.48. The first-order valence-corrected chi connectivity index (χ1v) is 7.22. The van der Waals surface area contributed by atoms with Crippen LogP contribution in [0.2, 0.25) is 0 Å². The normalized spacial score (nSPS) is 28.3. The molecular formula is C16H25NO2. The lowest BCUT2D eigenvalue weighted by Gasteiger charge is -2.21. The molecule has 0 radical (unpaired) electrons. The van der Waals surface area contributed by atoms with Gasteiger partial charge in [-0.1, -0.05) is 26.0 Å². The smallest absolute Gasteiger partial charge is 0.119 e. The van der Waals surface area contributed by atoms with E-state index in [1.165, 1.54) is 5.56 Å². The number of hydrogen-bond acceptors (Lipinski definition) is 3. The van der Waals surface area contributed by atoms with E-state index in [1.54, 1.807) is 0 Å². The Morgan fingerprint density at radius 2 is 2.11 bits per heavy atom. The summed E-state index contributed by atoms with van der Waals surface area (Å²) in [4.78, 5) is 0. The zero-order valence-corrected chi connectivity index (χ0v) is 11.9. The molecule has 1 aliphatic rings. The van der Waals surface area contributed by atoms with Crippen LogP contribution < -0.4 is 10.5 Å². The number of aliphatic hydroxyl groups is 1. The van der Waals surface area contributed by atoms with E-state index in [2.05, 4.69) is 26.0 Å². The molecule has 0 saturated heterocycles. The average molecular weight is 263 g/mol. The van der Waals surface area contributed by atoms with Gasteiger partial charge in [-0.2, -0.15) is 0 Å². The molecule has 3 unspecified atom stereocenters. The van der Waals surface area contributed by atoms with Crippen molar-refractivity contribution < 1.29 is 9.84 Å². The number of hydrogen-bond donors (Lipinski definition) is 2. The molecule has 3 nitrogen and oxygen atoms in total. The van der Waals surface area contributed by atoms with Crippen LogP contribution in [0.3, 0.4) is 0 Å². The van der Waals surface area contributed by atoms with E-state index >= 15 is 0 Å². The van der Waals surface area contributed by atoms with Gasteiger partial charge in [-0.05, 0) is 42.9 Å². The third-order valence-corrected chi connectivity index (χ3v) is 4.28. The Morgan fingerprint density at radius 3 is 2.63 bits per heavy atom. The highest BCUT2D eigenvalue weighted by molar-refractivity contribution is 5.29. The Morgan fingerprint density at radius 1 is 1.42 bits per heavy atom. The molecule has 1 aromatic rings. The highest BCUT2D eigenvalue weighted by Crippen LogP contribution is 2.31. The predicted molar refractivity (Wildman–Crippen MR) is 77.4 cm³/mol. The fraction of sp³-hybridized carbons (Fsp3) is 0.625. The zero-order chi connectivity index (χ0) is 13.9. The maximum atomic E-state index is 9.25. The van der Waals surface area contributed by atoms with Gasteiger partial charge in [-0.3, -0.25) is 0 Å². The van der Waals surface area contributed by atoms with E-state index in [0.717, 1.165) is 31.4 Å². The minimum Gasteiger partial charge on any atom is -0.490 e. The van der Waals surface area contributed by atoms with Gasteiger partial charge in [0, 0.05) is 12.0 Å².